The zero-order valence-electron chi connectivity index (χ0n) is 15.1. The predicted octanol–water partition coefficient (Wildman–Crippen LogP) is 4.48. The molecule has 1 unspecified atom stereocenters. The smallest absolute Gasteiger partial charge is 0.319 e. The van der Waals surface area contributed by atoms with Crippen molar-refractivity contribution in [2.75, 3.05) is 23.8 Å². The van der Waals surface area contributed by atoms with E-state index < -0.39 is 0 Å². The normalized spacial score (nSPS) is 15.9. The average molecular weight is 422 g/mol. The molecule has 6 nitrogen and oxygen atoms in total. The molecule has 2 aromatic carbocycles. The summed E-state index contributed by atoms with van der Waals surface area (Å²) in [5.74, 6) is -0.173. The molecule has 0 bridgehead atoms. The van der Waals surface area contributed by atoms with Crippen molar-refractivity contribution in [2.24, 2.45) is 0 Å². The maximum Gasteiger partial charge on any atom is 0.319 e. The number of rotatable bonds is 6. The molecule has 148 valence electrons. The molecule has 0 saturated carbocycles. The number of anilines is 2. The van der Waals surface area contributed by atoms with Crippen LogP contribution < -0.4 is 16.0 Å². The zero-order valence-corrected chi connectivity index (χ0v) is 16.6. The van der Waals surface area contributed by atoms with Crippen LogP contribution in [0.1, 0.15) is 18.4 Å². The molecular weight excluding hydrogens is 401 g/mol. The Kier molecular flexibility index (Phi) is 7.14. The van der Waals surface area contributed by atoms with Crippen molar-refractivity contribution in [3.05, 3.63) is 58.1 Å². The lowest BCUT2D eigenvalue weighted by molar-refractivity contribution is -0.115. The summed E-state index contributed by atoms with van der Waals surface area (Å²) < 4.78 is 5.46. The Morgan fingerprint density at radius 1 is 1.00 bits per heavy atom. The van der Waals surface area contributed by atoms with Gasteiger partial charge < -0.3 is 20.7 Å². The second kappa shape index (κ2) is 9.78. The lowest BCUT2D eigenvalue weighted by atomic mass is 10.1. The van der Waals surface area contributed by atoms with Gasteiger partial charge in [-0.05, 0) is 54.8 Å². The van der Waals surface area contributed by atoms with Gasteiger partial charge in [0.1, 0.15) is 0 Å². The number of ether oxygens (including phenoxy) is 1. The minimum Gasteiger partial charge on any atom is -0.376 e. The van der Waals surface area contributed by atoms with Gasteiger partial charge in [0.25, 0.3) is 0 Å². The SMILES string of the molecule is O=C(Cc1ccc(Cl)c(Cl)c1)Nc1ccc(NC(=O)NCC2CCCO2)cc1. The zero-order chi connectivity index (χ0) is 19.9. The standard InChI is InChI=1S/C20H21Cl2N3O3/c21-17-8-3-13(10-18(17)22)11-19(26)24-14-4-6-15(7-5-14)25-20(27)23-12-16-2-1-9-28-16/h3-8,10,16H,1-2,9,11-12H2,(H,24,26)(H2,23,25,27). The Morgan fingerprint density at radius 2 is 1.71 bits per heavy atom. The number of carbonyl (C=O) groups excluding carboxylic acids is 2. The molecule has 1 fully saturated rings. The van der Waals surface area contributed by atoms with Gasteiger partial charge in [-0.1, -0.05) is 29.3 Å². The van der Waals surface area contributed by atoms with E-state index in [9.17, 15) is 9.59 Å². The van der Waals surface area contributed by atoms with E-state index in [-0.39, 0.29) is 24.5 Å². The maximum atomic E-state index is 12.2. The fraction of sp³-hybridized carbons (Fsp3) is 0.300. The first kappa shape index (κ1) is 20.5. The van der Waals surface area contributed by atoms with Crippen LogP contribution in [0.3, 0.4) is 0 Å². The summed E-state index contributed by atoms with van der Waals surface area (Å²) in [6.45, 7) is 1.25. The number of urea groups is 1. The van der Waals surface area contributed by atoms with Crippen LogP contribution >= 0.6 is 23.2 Å². The largest absolute Gasteiger partial charge is 0.376 e. The van der Waals surface area contributed by atoms with Gasteiger partial charge >= 0.3 is 6.03 Å². The van der Waals surface area contributed by atoms with E-state index >= 15 is 0 Å². The number of nitrogens with one attached hydrogen (secondary N) is 3. The second-order valence-electron chi connectivity index (χ2n) is 6.52. The Labute approximate surface area is 173 Å². The summed E-state index contributed by atoms with van der Waals surface area (Å²) in [6, 6.07) is 11.7. The Hall–Kier alpha value is -2.28. The second-order valence-corrected chi connectivity index (χ2v) is 7.34. The molecule has 28 heavy (non-hydrogen) atoms. The molecule has 1 aliphatic rings. The van der Waals surface area contributed by atoms with Crippen molar-refractivity contribution in [3.63, 3.8) is 0 Å². The third-order valence-corrected chi connectivity index (χ3v) is 5.03. The van der Waals surface area contributed by atoms with Crippen LogP contribution in [0.2, 0.25) is 10.0 Å². The van der Waals surface area contributed by atoms with Gasteiger partial charge in [0.05, 0.1) is 22.6 Å². The van der Waals surface area contributed by atoms with Crippen molar-refractivity contribution in [2.45, 2.75) is 25.4 Å². The summed E-state index contributed by atoms with van der Waals surface area (Å²) in [7, 11) is 0. The molecule has 0 aromatic heterocycles. The number of halogens is 2. The summed E-state index contributed by atoms with van der Waals surface area (Å²) in [6.07, 6.45) is 2.28. The van der Waals surface area contributed by atoms with E-state index in [1.165, 1.54) is 0 Å². The van der Waals surface area contributed by atoms with Gasteiger partial charge in [0, 0.05) is 24.5 Å². The van der Waals surface area contributed by atoms with Crippen molar-refractivity contribution in [1.29, 1.82) is 0 Å². The molecule has 1 heterocycles. The molecule has 2 aromatic rings. The Morgan fingerprint density at radius 3 is 2.36 bits per heavy atom. The molecule has 1 atom stereocenters. The molecule has 0 radical (unpaired) electrons. The minimum atomic E-state index is -0.285. The molecular formula is C20H21Cl2N3O3. The number of amides is 3. The third-order valence-electron chi connectivity index (χ3n) is 4.29. The van der Waals surface area contributed by atoms with E-state index in [2.05, 4.69) is 16.0 Å². The molecule has 1 saturated heterocycles. The summed E-state index contributed by atoms with van der Waals surface area (Å²) in [5, 5.41) is 9.22. The van der Waals surface area contributed by atoms with E-state index in [0.717, 1.165) is 25.0 Å². The Balaban J connectivity index is 1.45. The van der Waals surface area contributed by atoms with Crippen molar-refractivity contribution < 1.29 is 14.3 Å². The van der Waals surface area contributed by atoms with Crippen LogP contribution in [-0.2, 0) is 16.0 Å². The van der Waals surface area contributed by atoms with Gasteiger partial charge in [-0.15, -0.1) is 0 Å². The first-order chi connectivity index (χ1) is 13.5. The van der Waals surface area contributed by atoms with E-state index in [1.807, 2.05) is 0 Å². The summed E-state index contributed by atoms with van der Waals surface area (Å²) in [4.78, 5) is 24.1. The van der Waals surface area contributed by atoms with Gasteiger partial charge in [-0.25, -0.2) is 4.79 Å². The highest BCUT2D eigenvalue weighted by Crippen LogP contribution is 2.23. The Bertz CT molecular complexity index is 837. The lowest BCUT2D eigenvalue weighted by Crippen LogP contribution is -2.35. The highest BCUT2D eigenvalue weighted by atomic mass is 35.5. The van der Waals surface area contributed by atoms with Crippen LogP contribution in [0.4, 0.5) is 16.2 Å². The first-order valence-corrected chi connectivity index (χ1v) is 9.75. The average Bonchev–Trinajstić information content (AvgIpc) is 3.18. The molecule has 0 spiro atoms. The van der Waals surface area contributed by atoms with Crippen molar-refractivity contribution in [3.8, 4) is 0 Å². The first-order valence-electron chi connectivity index (χ1n) is 9.00. The minimum absolute atomic E-state index is 0.0962. The highest BCUT2D eigenvalue weighted by molar-refractivity contribution is 6.42. The van der Waals surface area contributed by atoms with Crippen LogP contribution in [0.5, 0.6) is 0 Å². The quantitative estimate of drug-likeness (QED) is 0.643. The molecule has 1 aliphatic heterocycles. The topological polar surface area (TPSA) is 79.5 Å². The molecule has 3 N–H and O–H groups in total. The van der Waals surface area contributed by atoms with Crippen LogP contribution in [0.25, 0.3) is 0 Å². The van der Waals surface area contributed by atoms with Crippen molar-refractivity contribution >= 4 is 46.5 Å². The highest BCUT2D eigenvalue weighted by Gasteiger charge is 2.16. The molecule has 3 rings (SSSR count). The number of hydrogen-bond donors (Lipinski definition) is 3. The predicted molar refractivity (Wildman–Crippen MR) is 111 cm³/mol. The van der Waals surface area contributed by atoms with Crippen LogP contribution in [0.15, 0.2) is 42.5 Å². The van der Waals surface area contributed by atoms with Crippen molar-refractivity contribution in [1.82, 2.24) is 5.32 Å². The van der Waals surface area contributed by atoms with E-state index in [4.69, 9.17) is 27.9 Å². The summed E-state index contributed by atoms with van der Waals surface area (Å²) >= 11 is 11.8. The van der Waals surface area contributed by atoms with Gasteiger partial charge in [0.2, 0.25) is 5.91 Å². The van der Waals surface area contributed by atoms with Gasteiger partial charge in [-0.2, -0.15) is 0 Å². The number of benzene rings is 2. The number of hydrogen-bond acceptors (Lipinski definition) is 3. The fourth-order valence-corrected chi connectivity index (χ4v) is 3.18. The van der Waals surface area contributed by atoms with Crippen LogP contribution in [-0.4, -0.2) is 31.2 Å². The van der Waals surface area contributed by atoms with E-state index in [0.29, 0.717) is 28.0 Å². The van der Waals surface area contributed by atoms with E-state index in [1.54, 1.807) is 42.5 Å². The van der Waals surface area contributed by atoms with Gasteiger partial charge in [0.15, 0.2) is 0 Å². The monoisotopic (exact) mass is 421 g/mol. The third kappa shape index (κ3) is 6.12. The van der Waals surface area contributed by atoms with Crippen LogP contribution in [0, 0.1) is 0 Å². The molecule has 3 amide bonds. The maximum absolute atomic E-state index is 12.2. The van der Waals surface area contributed by atoms with Gasteiger partial charge in [-0.3, -0.25) is 4.79 Å². The lowest BCUT2D eigenvalue weighted by Gasteiger charge is -2.12. The fourth-order valence-electron chi connectivity index (χ4n) is 2.86. The summed E-state index contributed by atoms with van der Waals surface area (Å²) in [5.41, 5.74) is 2.04. The molecule has 8 heteroatoms. The molecule has 0 aliphatic carbocycles. The number of carbonyl (C=O) groups is 2.